The van der Waals surface area contributed by atoms with E-state index in [4.69, 9.17) is 4.74 Å². The van der Waals surface area contributed by atoms with E-state index in [1.807, 2.05) is 49.4 Å². The average molecular weight is 343 g/mol. The van der Waals surface area contributed by atoms with Crippen molar-refractivity contribution in [1.82, 2.24) is 5.32 Å². The highest BCUT2D eigenvalue weighted by molar-refractivity contribution is 5.83. The first-order valence-corrected chi connectivity index (χ1v) is 8.91. The Morgan fingerprint density at radius 1 is 0.923 bits per heavy atom. The number of nitrogens with one attached hydrogen (secondary N) is 1. The second-order valence-corrected chi connectivity index (χ2v) is 6.64. The molecule has 0 bridgehead atoms. The molecule has 3 nitrogen and oxygen atoms in total. The van der Waals surface area contributed by atoms with Crippen molar-refractivity contribution in [2.45, 2.75) is 25.5 Å². The monoisotopic (exact) mass is 343 g/mol. The second kappa shape index (κ2) is 7.04. The number of hydrogen-bond acceptors (Lipinski definition) is 2. The minimum atomic E-state index is -0.446. The number of amides is 1. The van der Waals surface area contributed by atoms with Crippen molar-refractivity contribution in [3.8, 4) is 16.9 Å². The molecule has 1 N–H and O–H groups in total. The summed E-state index contributed by atoms with van der Waals surface area (Å²) < 4.78 is 5.77. The molecular weight excluding hydrogens is 322 g/mol. The Labute approximate surface area is 153 Å². The van der Waals surface area contributed by atoms with Gasteiger partial charge in [0.2, 0.25) is 0 Å². The molecule has 0 radical (unpaired) electrons. The van der Waals surface area contributed by atoms with Crippen LogP contribution in [0, 0.1) is 0 Å². The van der Waals surface area contributed by atoms with Crippen molar-refractivity contribution in [2.75, 3.05) is 0 Å². The van der Waals surface area contributed by atoms with Crippen LogP contribution in [0.2, 0.25) is 0 Å². The van der Waals surface area contributed by atoms with Crippen LogP contribution >= 0.6 is 0 Å². The summed E-state index contributed by atoms with van der Waals surface area (Å²) in [5, 5.41) is 3.07. The van der Waals surface area contributed by atoms with E-state index in [-0.39, 0.29) is 11.9 Å². The number of ether oxygens (including phenoxy) is 1. The zero-order valence-electron chi connectivity index (χ0n) is 14.7. The van der Waals surface area contributed by atoms with Gasteiger partial charge in [-0.1, -0.05) is 72.8 Å². The summed E-state index contributed by atoms with van der Waals surface area (Å²) in [5.74, 6) is 0.744. The normalized spacial score (nSPS) is 16.4. The van der Waals surface area contributed by atoms with Crippen LogP contribution < -0.4 is 10.1 Å². The van der Waals surface area contributed by atoms with Gasteiger partial charge in [0.25, 0.3) is 5.91 Å². The number of fused-ring (bicyclic) bond motifs is 1. The third kappa shape index (κ3) is 3.33. The molecule has 1 heterocycles. The molecule has 1 amide bonds. The summed E-state index contributed by atoms with van der Waals surface area (Å²) >= 11 is 0. The van der Waals surface area contributed by atoms with E-state index in [2.05, 4.69) is 41.7 Å². The molecule has 3 aromatic rings. The van der Waals surface area contributed by atoms with Crippen LogP contribution in [0.15, 0.2) is 78.9 Å². The van der Waals surface area contributed by atoms with E-state index in [0.29, 0.717) is 6.42 Å². The zero-order chi connectivity index (χ0) is 17.9. The predicted octanol–water partition coefficient (Wildman–Crippen LogP) is 4.53. The highest BCUT2D eigenvalue weighted by Gasteiger charge is 2.29. The molecule has 3 heteroatoms. The lowest BCUT2D eigenvalue weighted by molar-refractivity contribution is -0.127. The summed E-state index contributed by atoms with van der Waals surface area (Å²) in [6.45, 7) is 2.00. The highest BCUT2D eigenvalue weighted by atomic mass is 16.5. The van der Waals surface area contributed by atoms with E-state index in [1.54, 1.807) is 0 Å². The highest BCUT2D eigenvalue weighted by Crippen LogP contribution is 2.28. The molecule has 1 aliphatic heterocycles. The quantitative estimate of drug-likeness (QED) is 0.755. The smallest absolute Gasteiger partial charge is 0.261 e. The summed E-state index contributed by atoms with van der Waals surface area (Å²) in [4.78, 5) is 12.5. The van der Waals surface area contributed by atoms with Crippen LogP contribution in [0.3, 0.4) is 0 Å². The Morgan fingerprint density at radius 2 is 1.58 bits per heavy atom. The third-order valence-electron chi connectivity index (χ3n) is 4.82. The maximum atomic E-state index is 12.5. The Balaban J connectivity index is 1.40. The lowest BCUT2D eigenvalue weighted by Gasteiger charge is -2.18. The van der Waals surface area contributed by atoms with Crippen LogP contribution in [-0.2, 0) is 11.2 Å². The second-order valence-electron chi connectivity index (χ2n) is 6.64. The van der Waals surface area contributed by atoms with Crippen LogP contribution in [0.5, 0.6) is 5.75 Å². The Hall–Kier alpha value is -3.07. The number of benzene rings is 3. The van der Waals surface area contributed by atoms with Crippen molar-refractivity contribution >= 4 is 5.91 Å². The number of carbonyl (C=O) groups is 1. The van der Waals surface area contributed by atoms with E-state index >= 15 is 0 Å². The Bertz CT molecular complexity index is 878. The van der Waals surface area contributed by atoms with Crippen LogP contribution in [0.25, 0.3) is 11.1 Å². The van der Waals surface area contributed by atoms with Crippen LogP contribution in [0.1, 0.15) is 24.1 Å². The summed E-state index contributed by atoms with van der Waals surface area (Å²) in [6, 6.07) is 26.3. The molecule has 26 heavy (non-hydrogen) atoms. The summed E-state index contributed by atoms with van der Waals surface area (Å²) in [6.07, 6.45) is 0.181. The van der Waals surface area contributed by atoms with Gasteiger partial charge in [0.1, 0.15) is 5.75 Å². The van der Waals surface area contributed by atoms with Gasteiger partial charge < -0.3 is 10.1 Å². The van der Waals surface area contributed by atoms with Gasteiger partial charge >= 0.3 is 0 Å². The first-order chi connectivity index (χ1) is 12.7. The fourth-order valence-corrected chi connectivity index (χ4v) is 3.31. The van der Waals surface area contributed by atoms with Crippen LogP contribution in [0.4, 0.5) is 0 Å². The van der Waals surface area contributed by atoms with Crippen molar-refractivity contribution in [1.29, 1.82) is 0 Å². The Kier molecular flexibility index (Phi) is 4.44. The molecule has 0 aromatic heterocycles. The number of rotatable bonds is 4. The van der Waals surface area contributed by atoms with E-state index in [0.717, 1.165) is 16.9 Å². The molecular formula is C23H21NO2. The first kappa shape index (κ1) is 16.4. The van der Waals surface area contributed by atoms with Crippen molar-refractivity contribution < 1.29 is 9.53 Å². The van der Waals surface area contributed by atoms with Gasteiger partial charge in [-0.3, -0.25) is 4.79 Å². The molecule has 2 atom stereocenters. The number of para-hydroxylation sites is 1. The van der Waals surface area contributed by atoms with E-state index < -0.39 is 6.10 Å². The lowest BCUT2D eigenvalue weighted by atomic mass is 10.0. The molecule has 0 unspecified atom stereocenters. The summed E-state index contributed by atoms with van der Waals surface area (Å²) in [5.41, 5.74) is 4.52. The fourth-order valence-electron chi connectivity index (χ4n) is 3.31. The molecule has 1 aliphatic rings. The Morgan fingerprint density at radius 3 is 2.31 bits per heavy atom. The fraction of sp³-hybridized carbons (Fsp3) is 0.174. The molecule has 0 spiro atoms. The average Bonchev–Trinajstić information content (AvgIpc) is 3.13. The number of hydrogen-bond donors (Lipinski definition) is 1. The predicted molar refractivity (Wildman–Crippen MR) is 103 cm³/mol. The molecule has 0 fully saturated rings. The van der Waals surface area contributed by atoms with Gasteiger partial charge in [-0.05, 0) is 35.2 Å². The van der Waals surface area contributed by atoms with Gasteiger partial charge in [0, 0.05) is 6.42 Å². The molecule has 0 aliphatic carbocycles. The number of carbonyl (C=O) groups excluding carboxylic acids is 1. The van der Waals surface area contributed by atoms with Gasteiger partial charge in [-0.2, -0.15) is 0 Å². The van der Waals surface area contributed by atoms with Gasteiger partial charge in [0.15, 0.2) is 6.10 Å². The van der Waals surface area contributed by atoms with Gasteiger partial charge in [-0.25, -0.2) is 0 Å². The van der Waals surface area contributed by atoms with E-state index in [9.17, 15) is 4.79 Å². The largest absolute Gasteiger partial charge is 0.480 e. The molecule has 0 saturated carbocycles. The molecule has 3 aromatic carbocycles. The van der Waals surface area contributed by atoms with Gasteiger partial charge in [0.05, 0.1) is 6.04 Å². The van der Waals surface area contributed by atoms with Gasteiger partial charge in [-0.15, -0.1) is 0 Å². The third-order valence-corrected chi connectivity index (χ3v) is 4.82. The molecule has 130 valence electrons. The van der Waals surface area contributed by atoms with Crippen molar-refractivity contribution in [3.63, 3.8) is 0 Å². The van der Waals surface area contributed by atoms with Crippen molar-refractivity contribution in [2.24, 2.45) is 0 Å². The van der Waals surface area contributed by atoms with Crippen LogP contribution in [-0.4, -0.2) is 12.0 Å². The topological polar surface area (TPSA) is 38.3 Å². The maximum absolute atomic E-state index is 12.5. The maximum Gasteiger partial charge on any atom is 0.261 e. The minimum Gasteiger partial charge on any atom is -0.480 e. The minimum absolute atomic E-state index is 0.0687. The van der Waals surface area contributed by atoms with E-state index in [1.165, 1.54) is 11.1 Å². The zero-order valence-corrected chi connectivity index (χ0v) is 14.7. The molecule has 0 saturated heterocycles. The standard InChI is InChI=1S/C23H21NO2/c1-16(17-11-13-19(14-12-17)18-7-3-2-4-8-18)24-23(25)22-15-20-9-5-6-10-21(20)26-22/h2-14,16,22H,15H2,1H3,(H,24,25)/t16-,22+/m1/s1. The summed E-state index contributed by atoms with van der Waals surface area (Å²) in [7, 11) is 0. The van der Waals surface area contributed by atoms with Crippen molar-refractivity contribution in [3.05, 3.63) is 90.0 Å². The first-order valence-electron chi connectivity index (χ1n) is 8.91. The molecule has 4 rings (SSSR count). The lowest BCUT2D eigenvalue weighted by Crippen LogP contribution is -2.38. The SMILES string of the molecule is C[C@@H](NC(=O)[C@@H]1Cc2ccccc2O1)c1ccc(-c2ccccc2)cc1.